The highest BCUT2D eigenvalue weighted by molar-refractivity contribution is 6.37. The summed E-state index contributed by atoms with van der Waals surface area (Å²) in [4.78, 5) is 16.9. The predicted molar refractivity (Wildman–Crippen MR) is 117 cm³/mol. The normalized spacial score (nSPS) is 10.9. The topological polar surface area (TPSA) is 84.6 Å². The van der Waals surface area contributed by atoms with E-state index in [0.717, 1.165) is 0 Å². The lowest BCUT2D eigenvalue weighted by Crippen LogP contribution is -2.12. The summed E-state index contributed by atoms with van der Waals surface area (Å²) in [7, 11) is 1.43. The molecule has 30 heavy (non-hydrogen) atoms. The molecule has 0 aliphatic heterocycles. The van der Waals surface area contributed by atoms with E-state index in [-0.39, 0.29) is 33.0 Å². The number of carbonyl (C=O) groups excluding carboxylic acids is 1. The smallest absolute Gasteiger partial charge is 0.255 e. The van der Waals surface area contributed by atoms with Crippen LogP contribution in [-0.4, -0.2) is 23.1 Å². The van der Waals surface area contributed by atoms with Crippen LogP contribution in [0.3, 0.4) is 0 Å². The van der Waals surface area contributed by atoms with Gasteiger partial charge in [-0.3, -0.25) is 4.79 Å². The van der Waals surface area contributed by atoms with Crippen LogP contribution in [0, 0.1) is 0 Å². The molecule has 3 aromatic carbocycles. The van der Waals surface area contributed by atoms with E-state index in [0.29, 0.717) is 27.4 Å². The number of aromatic nitrogens is 1. The number of aromatic hydroxyl groups is 1. The van der Waals surface area contributed by atoms with E-state index in [2.05, 4.69) is 10.3 Å². The Morgan fingerprint density at radius 3 is 2.47 bits per heavy atom. The molecule has 0 spiro atoms. The Bertz CT molecular complexity index is 1260. The molecular formula is C21H13Cl3N2O4. The summed E-state index contributed by atoms with van der Waals surface area (Å²) in [5.41, 5.74) is 2.09. The van der Waals surface area contributed by atoms with Gasteiger partial charge in [-0.1, -0.05) is 34.8 Å². The second-order valence-electron chi connectivity index (χ2n) is 6.29. The van der Waals surface area contributed by atoms with Gasteiger partial charge in [0.25, 0.3) is 5.91 Å². The van der Waals surface area contributed by atoms with Crippen molar-refractivity contribution in [2.24, 2.45) is 0 Å². The minimum Gasteiger partial charge on any atom is -0.507 e. The molecule has 2 N–H and O–H groups in total. The van der Waals surface area contributed by atoms with Gasteiger partial charge in [-0.2, -0.15) is 0 Å². The van der Waals surface area contributed by atoms with Crippen LogP contribution in [0.2, 0.25) is 15.1 Å². The van der Waals surface area contributed by atoms with E-state index in [1.165, 1.54) is 25.3 Å². The molecule has 1 amide bonds. The first-order chi connectivity index (χ1) is 14.4. The van der Waals surface area contributed by atoms with Crippen molar-refractivity contribution in [3.8, 4) is 23.0 Å². The van der Waals surface area contributed by atoms with Crippen molar-refractivity contribution < 1.29 is 19.1 Å². The zero-order valence-corrected chi connectivity index (χ0v) is 17.6. The van der Waals surface area contributed by atoms with Gasteiger partial charge in [0, 0.05) is 22.3 Å². The quantitative estimate of drug-likeness (QED) is 0.365. The fraction of sp³-hybridized carbons (Fsp3) is 0.0476. The first-order valence-electron chi connectivity index (χ1n) is 8.59. The molecule has 152 valence electrons. The van der Waals surface area contributed by atoms with Crippen molar-refractivity contribution in [1.82, 2.24) is 4.98 Å². The fourth-order valence-electron chi connectivity index (χ4n) is 2.90. The number of ether oxygens (including phenoxy) is 1. The number of hydrogen-bond acceptors (Lipinski definition) is 5. The number of nitrogens with zero attached hydrogens (tertiary/aromatic N) is 1. The van der Waals surface area contributed by atoms with Gasteiger partial charge in [-0.05, 0) is 42.5 Å². The summed E-state index contributed by atoms with van der Waals surface area (Å²) >= 11 is 18.1. The van der Waals surface area contributed by atoms with Crippen LogP contribution in [0.4, 0.5) is 5.69 Å². The Morgan fingerprint density at radius 2 is 1.80 bits per heavy atom. The average molecular weight is 464 g/mol. The van der Waals surface area contributed by atoms with E-state index in [1.807, 2.05) is 0 Å². The van der Waals surface area contributed by atoms with Crippen molar-refractivity contribution in [3.63, 3.8) is 0 Å². The first kappa shape index (κ1) is 20.3. The zero-order chi connectivity index (χ0) is 21.4. The minimum absolute atomic E-state index is 0.115. The van der Waals surface area contributed by atoms with Gasteiger partial charge < -0.3 is 19.6 Å². The third kappa shape index (κ3) is 3.89. The van der Waals surface area contributed by atoms with Crippen molar-refractivity contribution in [1.29, 1.82) is 0 Å². The lowest BCUT2D eigenvalue weighted by Gasteiger charge is -2.10. The third-order valence-corrected chi connectivity index (χ3v) is 5.10. The molecule has 0 radical (unpaired) electrons. The van der Waals surface area contributed by atoms with Crippen LogP contribution in [-0.2, 0) is 0 Å². The van der Waals surface area contributed by atoms with Crippen LogP contribution < -0.4 is 10.1 Å². The standard InChI is InChI=1S/C21H13Cl3N2O4/c1-29-19-14(23)6-10(7-15(19)24)20(28)25-12-3-4-13(17(27)9-12)21-26-16-8-11(22)2-5-18(16)30-21/h2-9,27H,1H3,(H,25,28). The second-order valence-corrected chi connectivity index (χ2v) is 7.54. The van der Waals surface area contributed by atoms with Crippen molar-refractivity contribution in [3.05, 3.63) is 69.2 Å². The number of halogens is 3. The summed E-state index contributed by atoms with van der Waals surface area (Å²) < 4.78 is 10.7. The number of phenolic OH excluding ortho intramolecular Hbond substituents is 1. The monoisotopic (exact) mass is 462 g/mol. The van der Waals surface area contributed by atoms with Crippen LogP contribution >= 0.6 is 34.8 Å². The molecule has 0 bridgehead atoms. The molecule has 0 unspecified atom stereocenters. The van der Waals surface area contributed by atoms with E-state index >= 15 is 0 Å². The third-order valence-electron chi connectivity index (χ3n) is 4.30. The number of nitrogens with one attached hydrogen (secondary N) is 1. The molecule has 0 aliphatic rings. The molecule has 0 saturated carbocycles. The summed E-state index contributed by atoms with van der Waals surface area (Å²) in [6.07, 6.45) is 0. The number of benzene rings is 3. The van der Waals surface area contributed by atoms with Crippen LogP contribution in [0.25, 0.3) is 22.6 Å². The molecule has 0 saturated heterocycles. The van der Waals surface area contributed by atoms with E-state index in [9.17, 15) is 9.90 Å². The fourth-order valence-corrected chi connectivity index (χ4v) is 3.70. The van der Waals surface area contributed by atoms with Gasteiger partial charge in [-0.25, -0.2) is 4.98 Å². The van der Waals surface area contributed by atoms with Gasteiger partial charge in [0.05, 0.1) is 22.7 Å². The Labute approximate surface area is 186 Å². The Hall–Kier alpha value is -2.93. The Kier molecular flexibility index (Phi) is 5.47. The molecule has 0 fully saturated rings. The number of oxazole rings is 1. The van der Waals surface area contributed by atoms with Crippen molar-refractivity contribution in [2.45, 2.75) is 0 Å². The maximum absolute atomic E-state index is 12.5. The molecule has 4 rings (SSSR count). The largest absolute Gasteiger partial charge is 0.507 e. The number of rotatable bonds is 4. The Balaban J connectivity index is 1.59. The van der Waals surface area contributed by atoms with E-state index < -0.39 is 5.91 Å². The highest BCUT2D eigenvalue weighted by atomic mass is 35.5. The van der Waals surface area contributed by atoms with E-state index in [1.54, 1.807) is 30.3 Å². The lowest BCUT2D eigenvalue weighted by atomic mass is 10.1. The number of fused-ring (bicyclic) bond motifs is 1. The van der Waals surface area contributed by atoms with Crippen LogP contribution in [0.15, 0.2) is 52.9 Å². The van der Waals surface area contributed by atoms with Crippen LogP contribution in [0.1, 0.15) is 10.4 Å². The Morgan fingerprint density at radius 1 is 1.07 bits per heavy atom. The number of methoxy groups -OCH3 is 1. The van der Waals surface area contributed by atoms with Crippen molar-refractivity contribution in [2.75, 3.05) is 12.4 Å². The summed E-state index contributed by atoms with van der Waals surface area (Å²) in [5, 5.41) is 14.1. The van der Waals surface area contributed by atoms with Gasteiger partial charge in [0.15, 0.2) is 11.3 Å². The number of anilines is 1. The number of amides is 1. The molecule has 6 nitrogen and oxygen atoms in total. The number of hydrogen-bond donors (Lipinski definition) is 2. The maximum atomic E-state index is 12.5. The van der Waals surface area contributed by atoms with Gasteiger partial charge in [-0.15, -0.1) is 0 Å². The zero-order valence-electron chi connectivity index (χ0n) is 15.4. The summed E-state index contributed by atoms with van der Waals surface area (Å²) in [6.45, 7) is 0. The molecule has 4 aromatic rings. The maximum Gasteiger partial charge on any atom is 0.255 e. The molecule has 1 aromatic heterocycles. The summed E-state index contributed by atoms with van der Waals surface area (Å²) in [5.74, 6) is -0.0470. The highest BCUT2D eigenvalue weighted by Crippen LogP contribution is 2.35. The number of carbonyl (C=O) groups is 1. The molecular weight excluding hydrogens is 451 g/mol. The predicted octanol–water partition coefficient (Wildman–Crippen LogP) is 6.42. The SMILES string of the molecule is COc1c(Cl)cc(C(=O)Nc2ccc(-c3nc4cc(Cl)ccc4o3)c(O)c2)cc1Cl. The van der Waals surface area contributed by atoms with Gasteiger partial charge in [0.2, 0.25) is 5.89 Å². The molecule has 0 atom stereocenters. The molecule has 1 heterocycles. The van der Waals surface area contributed by atoms with E-state index in [4.69, 9.17) is 44.0 Å². The second kappa shape index (κ2) is 8.07. The number of phenols is 1. The van der Waals surface area contributed by atoms with Gasteiger partial charge >= 0.3 is 0 Å². The minimum atomic E-state index is -0.454. The molecule has 9 heteroatoms. The van der Waals surface area contributed by atoms with Crippen molar-refractivity contribution >= 4 is 57.5 Å². The summed E-state index contributed by atoms with van der Waals surface area (Å²) in [6, 6.07) is 12.5. The first-order valence-corrected chi connectivity index (χ1v) is 9.73. The average Bonchev–Trinajstić information content (AvgIpc) is 3.10. The lowest BCUT2D eigenvalue weighted by molar-refractivity contribution is 0.102. The van der Waals surface area contributed by atoms with Gasteiger partial charge in [0.1, 0.15) is 11.3 Å². The highest BCUT2D eigenvalue weighted by Gasteiger charge is 2.16. The van der Waals surface area contributed by atoms with Crippen LogP contribution in [0.5, 0.6) is 11.5 Å². The molecule has 0 aliphatic carbocycles.